The summed E-state index contributed by atoms with van der Waals surface area (Å²) in [6, 6.07) is 20.2. The van der Waals surface area contributed by atoms with Crippen LogP contribution in [0.15, 0.2) is 60.7 Å². The van der Waals surface area contributed by atoms with Gasteiger partial charge < -0.3 is 19.6 Å². The fraction of sp³-hybridized carbons (Fsp3) is 0.429. The minimum absolute atomic E-state index is 0.0869. The number of anilines is 3. The molecule has 1 atom stereocenters. The topological polar surface area (TPSA) is 137 Å². The fourth-order valence-corrected chi connectivity index (χ4v) is 9.91. The van der Waals surface area contributed by atoms with Gasteiger partial charge in [-0.1, -0.05) is 11.6 Å². The van der Waals surface area contributed by atoms with E-state index >= 15 is 0 Å². The summed E-state index contributed by atoms with van der Waals surface area (Å²) in [4.78, 5) is 74.1. The highest BCUT2D eigenvalue weighted by Crippen LogP contribution is 2.45. The Morgan fingerprint density at radius 1 is 0.709 bits per heavy atom. The van der Waals surface area contributed by atoms with E-state index in [1.165, 1.54) is 0 Å². The maximum absolute atomic E-state index is 13.5. The highest BCUT2D eigenvalue weighted by atomic mass is 35.5. The van der Waals surface area contributed by atoms with Crippen LogP contribution in [0.25, 0.3) is 0 Å². The SMILES string of the molecule is N#Cc1ccc(N2CCC3(CCN(C(=O)c4ccc(N5CC6(CCN(c7ccc8c(c7)C(=O)N(C7CCC(=O)NC7=O)C8=O)CC6)C5)cc4)CC3)C2)cc1Cl. The Labute approximate surface area is 324 Å². The van der Waals surface area contributed by atoms with E-state index in [0.717, 1.165) is 112 Å². The number of rotatable bonds is 5. The molecular formula is C42H42ClN7O5. The monoisotopic (exact) mass is 759 g/mol. The largest absolute Gasteiger partial charge is 0.371 e. The number of hydrogen-bond acceptors (Lipinski definition) is 9. The van der Waals surface area contributed by atoms with Crippen molar-refractivity contribution < 1.29 is 24.0 Å². The lowest BCUT2D eigenvalue weighted by atomic mass is 9.71. The second kappa shape index (κ2) is 13.4. The first-order chi connectivity index (χ1) is 26.5. The first-order valence-corrected chi connectivity index (χ1v) is 19.6. The molecule has 0 aliphatic carbocycles. The standard InChI is InChI=1S/C42H42ClN7O5/c43-34-22-31(6-3-28(34)23-44)48-20-13-41(24-48)11-18-47(19-12-41)38(53)27-1-4-29(5-2-27)49-25-42(26-49)14-16-46(17-15-42)30-7-8-32-33(21-30)40(55)50(39(32)54)35-9-10-36(51)45-37(35)52/h1-8,21-22,35H,9-20,24-26H2,(H,45,51,52). The van der Waals surface area contributed by atoms with Crippen LogP contribution in [0.5, 0.6) is 0 Å². The van der Waals surface area contributed by atoms with E-state index in [1.807, 2.05) is 35.2 Å². The number of amides is 5. The number of hydrogen-bond donors (Lipinski definition) is 1. The molecule has 5 fully saturated rings. The van der Waals surface area contributed by atoms with E-state index in [1.54, 1.807) is 18.2 Å². The molecule has 0 aromatic heterocycles. The number of imide groups is 2. The van der Waals surface area contributed by atoms with E-state index in [0.29, 0.717) is 21.7 Å². The third-order valence-electron chi connectivity index (χ3n) is 13.1. The van der Waals surface area contributed by atoms with Crippen molar-refractivity contribution in [2.45, 2.75) is 51.0 Å². The number of nitrogens with one attached hydrogen (secondary N) is 1. The van der Waals surface area contributed by atoms with Crippen LogP contribution >= 0.6 is 11.6 Å². The van der Waals surface area contributed by atoms with Gasteiger partial charge >= 0.3 is 0 Å². The molecule has 0 saturated carbocycles. The average molecular weight is 760 g/mol. The Hall–Kier alpha value is -5.41. The lowest BCUT2D eigenvalue weighted by molar-refractivity contribution is -0.136. The molecule has 0 radical (unpaired) electrons. The number of carbonyl (C=O) groups is 5. The third-order valence-corrected chi connectivity index (χ3v) is 13.4. The first kappa shape index (κ1) is 35.3. The van der Waals surface area contributed by atoms with E-state index in [2.05, 4.69) is 38.2 Å². The van der Waals surface area contributed by atoms with Crippen LogP contribution in [-0.4, -0.2) is 97.7 Å². The van der Waals surface area contributed by atoms with Gasteiger partial charge in [0.25, 0.3) is 17.7 Å². The summed E-state index contributed by atoms with van der Waals surface area (Å²) in [5.74, 6) is -1.89. The number of likely N-dealkylation sites (tertiary alicyclic amines) is 1. The Kier molecular flexibility index (Phi) is 8.61. The summed E-state index contributed by atoms with van der Waals surface area (Å²) in [6.45, 7) is 6.94. The number of nitrogens with zero attached hydrogens (tertiary/aromatic N) is 6. The molecule has 282 valence electrons. The van der Waals surface area contributed by atoms with Gasteiger partial charge in [-0.2, -0.15) is 5.26 Å². The summed E-state index contributed by atoms with van der Waals surface area (Å²) in [6.07, 6.45) is 5.25. The van der Waals surface area contributed by atoms with Crippen molar-refractivity contribution in [1.29, 1.82) is 5.26 Å². The Bertz CT molecular complexity index is 2160. The van der Waals surface area contributed by atoms with Crippen LogP contribution in [-0.2, 0) is 9.59 Å². The number of carbonyl (C=O) groups excluding carboxylic acids is 5. The molecule has 0 bridgehead atoms. The smallest absolute Gasteiger partial charge is 0.262 e. The molecule has 3 aromatic carbocycles. The molecule has 13 heteroatoms. The van der Waals surface area contributed by atoms with Gasteiger partial charge in [-0.15, -0.1) is 0 Å². The summed E-state index contributed by atoms with van der Waals surface area (Å²) >= 11 is 6.31. The van der Waals surface area contributed by atoms with Crippen molar-refractivity contribution in [3.05, 3.63) is 87.9 Å². The van der Waals surface area contributed by atoms with Crippen molar-refractivity contribution in [2.75, 3.05) is 67.1 Å². The lowest BCUT2D eigenvalue weighted by Crippen LogP contribution is -2.60. The number of fused-ring (bicyclic) bond motifs is 1. The summed E-state index contributed by atoms with van der Waals surface area (Å²) in [5, 5.41) is 11.9. The van der Waals surface area contributed by atoms with Gasteiger partial charge in [0.1, 0.15) is 12.1 Å². The van der Waals surface area contributed by atoms with Crippen LogP contribution in [0.3, 0.4) is 0 Å². The molecular weight excluding hydrogens is 718 g/mol. The summed E-state index contributed by atoms with van der Waals surface area (Å²) in [7, 11) is 0. The lowest BCUT2D eigenvalue weighted by Gasteiger charge is -2.55. The van der Waals surface area contributed by atoms with E-state index in [-0.39, 0.29) is 29.6 Å². The quantitative estimate of drug-likeness (QED) is 0.362. The van der Waals surface area contributed by atoms with Crippen LogP contribution in [0.4, 0.5) is 17.1 Å². The van der Waals surface area contributed by atoms with Crippen molar-refractivity contribution in [3.8, 4) is 6.07 Å². The molecule has 5 amide bonds. The Morgan fingerprint density at radius 3 is 2.00 bits per heavy atom. The molecule has 3 aromatic rings. The van der Waals surface area contributed by atoms with Crippen LogP contribution in [0.1, 0.15) is 81.6 Å². The zero-order chi connectivity index (χ0) is 38.1. The highest BCUT2D eigenvalue weighted by Gasteiger charge is 2.47. The third kappa shape index (κ3) is 6.18. The first-order valence-electron chi connectivity index (χ1n) is 19.2. The molecule has 9 rings (SSSR count). The van der Waals surface area contributed by atoms with Crippen molar-refractivity contribution in [1.82, 2.24) is 15.1 Å². The number of benzene rings is 3. The maximum atomic E-state index is 13.5. The molecule has 55 heavy (non-hydrogen) atoms. The normalized spacial score (nSPS) is 22.9. The van der Waals surface area contributed by atoms with E-state index in [9.17, 15) is 29.2 Å². The van der Waals surface area contributed by atoms with Crippen molar-refractivity contribution in [2.24, 2.45) is 10.8 Å². The Morgan fingerprint density at radius 2 is 1.31 bits per heavy atom. The summed E-state index contributed by atoms with van der Waals surface area (Å²) in [5.41, 5.74) is 5.27. The fourth-order valence-electron chi connectivity index (χ4n) is 9.69. The van der Waals surface area contributed by atoms with Crippen molar-refractivity contribution in [3.63, 3.8) is 0 Å². The molecule has 5 saturated heterocycles. The van der Waals surface area contributed by atoms with Gasteiger partial charge in [0.2, 0.25) is 11.8 Å². The zero-order valence-corrected chi connectivity index (χ0v) is 31.3. The van der Waals surface area contributed by atoms with Gasteiger partial charge in [-0.05, 0) is 105 Å². The van der Waals surface area contributed by atoms with Gasteiger partial charge in [-0.3, -0.25) is 34.2 Å². The minimum Gasteiger partial charge on any atom is -0.371 e. The van der Waals surface area contributed by atoms with E-state index in [4.69, 9.17) is 11.6 Å². The van der Waals surface area contributed by atoms with Crippen LogP contribution in [0.2, 0.25) is 5.02 Å². The maximum Gasteiger partial charge on any atom is 0.262 e. The highest BCUT2D eigenvalue weighted by molar-refractivity contribution is 6.32. The van der Waals surface area contributed by atoms with E-state index < -0.39 is 29.7 Å². The molecule has 2 spiro atoms. The molecule has 1 N–H and O–H groups in total. The van der Waals surface area contributed by atoms with Crippen LogP contribution < -0.4 is 20.0 Å². The number of piperidine rings is 3. The number of halogens is 1. The zero-order valence-electron chi connectivity index (χ0n) is 30.6. The van der Waals surface area contributed by atoms with Crippen molar-refractivity contribution >= 4 is 58.2 Å². The molecule has 6 aliphatic rings. The van der Waals surface area contributed by atoms with Gasteiger partial charge in [-0.25, -0.2) is 0 Å². The van der Waals surface area contributed by atoms with Gasteiger partial charge in [0.05, 0.1) is 21.7 Å². The average Bonchev–Trinajstić information content (AvgIpc) is 3.71. The second-order valence-electron chi connectivity index (χ2n) is 16.3. The minimum atomic E-state index is -0.974. The Balaban J connectivity index is 0.757. The number of nitriles is 1. The van der Waals surface area contributed by atoms with Crippen LogP contribution in [0, 0.1) is 22.2 Å². The molecule has 12 nitrogen and oxygen atoms in total. The predicted molar refractivity (Wildman–Crippen MR) is 206 cm³/mol. The predicted octanol–water partition coefficient (Wildman–Crippen LogP) is 4.85. The molecule has 6 aliphatic heterocycles. The van der Waals surface area contributed by atoms with Gasteiger partial charge in [0, 0.05) is 86.8 Å². The summed E-state index contributed by atoms with van der Waals surface area (Å²) < 4.78 is 0. The molecule has 1 unspecified atom stereocenters. The van der Waals surface area contributed by atoms with Gasteiger partial charge in [0.15, 0.2) is 0 Å². The molecule has 6 heterocycles. The second-order valence-corrected chi connectivity index (χ2v) is 16.7.